The highest BCUT2D eigenvalue weighted by Gasteiger charge is 2.30. The number of aromatic amines is 1. The Hall–Kier alpha value is -3.72. The maximum absolute atomic E-state index is 13.1. The zero-order valence-electron chi connectivity index (χ0n) is 22.2. The lowest BCUT2D eigenvalue weighted by atomic mass is 10.1. The number of thiazole rings is 1. The van der Waals surface area contributed by atoms with E-state index in [1.54, 1.807) is 18.2 Å². The lowest BCUT2D eigenvalue weighted by molar-refractivity contribution is -0.137. The molecule has 0 radical (unpaired) electrons. The minimum atomic E-state index is -4.42. The van der Waals surface area contributed by atoms with E-state index in [4.69, 9.17) is 23.9 Å². The molecule has 1 N–H and O–H groups in total. The van der Waals surface area contributed by atoms with Gasteiger partial charge in [0.25, 0.3) is 0 Å². The maximum Gasteiger partial charge on any atom is 0.439 e. The summed E-state index contributed by atoms with van der Waals surface area (Å²) in [4.78, 5) is 21.5. The zero-order chi connectivity index (χ0) is 29.0. The van der Waals surface area contributed by atoms with Crippen LogP contribution in [0.2, 0.25) is 0 Å². The number of hydrogen-bond donors (Lipinski definition) is 1. The fraction of sp³-hybridized carbons (Fsp3) is 0.370. The van der Waals surface area contributed by atoms with E-state index in [0.29, 0.717) is 60.5 Å². The number of aromatic nitrogens is 3. The lowest BCUT2D eigenvalue weighted by Gasteiger charge is -2.27. The Morgan fingerprint density at radius 2 is 1.98 bits per heavy atom. The minimum Gasteiger partial charge on any atom is -0.496 e. The Labute approximate surface area is 236 Å². The summed E-state index contributed by atoms with van der Waals surface area (Å²) in [7, 11) is 3.42. The number of benzene rings is 2. The van der Waals surface area contributed by atoms with Crippen molar-refractivity contribution >= 4 is 11.3 Å². The van der Waals surface area contributed by atoms with Crippen molar-refractivity contribution in [1.82, 2.24) is 20.0 Å². The number of likely N-dealkylation sites (N-methyl/N-ethyl adjacent to an activating group) is 1. The number of rotatable bonds is 10. The third-order valence-corrected chi connectivity index (χ3v) is 7.42. The van der Waals surface area contributed by atoms with Gasteiger partial charge in [-0.3, -0.25) is 14.4 Å². The van der Waals surface area contributed by atoms with Gasteiger partial charge in [-0.25, -0.2) is 9.78 Å². The quantitative estimate of drug-likeness (QED) is 0.282. The molecule has 0 saturated carbocycles. The van der Waals surface area contributed by atoms with Gasteiger partial charge in [0.1, 0.15) is 23.1 Å². The van der Waals surface area contributed by atoms with Gasteiger partial charge in [0.05, 0.1) is 54.7 Å². The molecule has 2 aromatic heterocycles. The predicted molar refractivity (Wildman–Crippen MR) is 143 cm³/mol. The Bertz CT molecular complexity index is 1510. The molecule has 14 heteroatoms. The van der Waals surface area contributed by atoms with E-state index in [-0.39, 0.29) is 18.5 Å². The molecule has 4 aromatic rings. The largest absolute Gasteiger partial charge is 0.496 e. The fourth-order valence-corrected chi connectivity index (χ4v) is 5.30. The molecule has 1 unspecified atom stereocenters. The Morgan fingerprint density at radius 1 is 1.17 bits per heavy atom. The molecule has 1 saturated heterocycles. The van der Waals surface area contributed by atoms with Crippen LogP contribution >= 0.6 is 11.3 Å². The van der Waals surface area contributed by atoms with E-state index in [1.807, 2.05) is 7.05 Å². The molecular formula is C27H27F3N4O6S. The van der Waals surface area contributed by atoms with Crippen LogP contribution in [0.3, 0.4) is 0 Å². The van der Waals surface area contributed by atoms with Crippen LogP contribution in [0.25, 0.3) is 22.0 Å². The molecular weight excluding hydrogens is 565 g/mol. The number of nitrogens with zero attached hydrogens (tertiary/aromatic N) is 3. The second-order valence-corrected chi connectivity index (χ2v) is 10.4. The van der Waals surface area contributed by atoms with Crippen molar-refractivity contribution in [2.45, 2.75) is 25.4 Å². The van der Waals surface area contributed by atoms with Gasteiger partial charge in [-0.05, 0) is 31.3 Å². The van der Waals surface area contributed by atoms with Crippen molar-refractivity contribution in [2.24, 2.45) is 0 Å². The third-order valence-electron chi connectivity index (χ3n) is 6.30. The van der Waals surface area contributed by atoms with E-state index in [0.717, 1.165) is 22.7 Å². The number of halogens is 3. The van der Waals surface area contributed by atoms with Gasteiger partial charge >= 0.3 is 11.9 Å². The Morgan fingerprint density at radius 3 is 2.63 bits per heavy atom. The van der Waals surface area contributed by atoms with Gasteiger partial charge in [-0.1, -0.05) is 17.3 Å². The van der Waals surface area contributed by atoms with Crippen LogP contribution < -0.4 is 15.2 Å². The van der Waals surface area contributed by atoms with E-state index >= 15 is 0 Å². The molecule has 41 heavy (non-hydrogen) atoms. The van der Waals surface area contributed by atoms with E-state index < -0.39 is 17.5 Å². The molecule has 0 aliphatic carbocycles. The van der Waals surface area contributed by atoms with Crippen molar-refractivity contribution < 1.29 is 36.6 Å². The SMILES string of the molecule is COc1cc(OCc2sc(-c3ccc(C(F)(F)F)cc3)nc2CN(C)CC2COCCO2)ccc1-c1noc(=O)[nH]1. The Kier molecular flexibility index (Phi) is 8.73. The van der Waals surface area contributed by atoms with Gasteiger partial charge in [0.2, 0.25) is 0 Å². The Balaban J connectivity index is 1.36. The van der Waals surface area contributed by atoms with Crippen LogP contribution in [0.4, 0.5) is 13.2 Å². The fourth-order valence-electron chi connectivity index (χ4n) is 4.31. The molecule has 10 nitrogen and oxygen atoms in total. The van der Waals surface area contributed by atoms with Crippen molar-refractivity contribution in [3.63, 3.8) is 0 Å². The minimum absolute atomic E-state index is 0.0629. The molecule has 1 aliphatic heterocycles. The molecule has 0 spiro atoms. The van der Waals surface area contributed by atoms with Gasteiger partial charge in [-0.15, -0.1) is 11.3 Å². The van der Waals surface area contributed by atoms with Crippen LogP contribution in [0.15, 0.2) is 51.8 Å². The summed E-state index contributed by atoms with van der Waals surface area (Å²) in [6.07, 6.45) is -4.48. The summed E-state index contributed by atoms with van der Waals surface area (Å²) in [6.45, 7) is 2.88. The van der Waals surface area contributed by atoms with Gasteiger partial charge < -0.3 is 18.9 Å². The zero-order valence-corrected chi connectivity index (χ0v) is 23.0. The van der Waals surface area contributed by atoms with Gasteiger partial charge in [0, 0.05) is 24.7 Å². The lowest BCUT2D eigenvalue weighted by Crippen LogP contribution is -2.38. The average molecular weight is 593 g/mol. The van der Waals surface area contributed by atoms with Crippen molar-refractivity contribution in [2.75, 3.05) is 40.5 Å². The molecule has 1 aliphatic rings. The normalized spacial score (nSPS) is 15.8. The summed E-state index contributed by atoms with van der Waals surface area (Å²) in [5.41, 5.74) is 1.12. The third kappa shape index (κ3) is 7.14. The second-order valence-electron chi connectivity index (χ2n) is 9.32. The molecule has 218 valence electrons. The summed E-state index contributed by atoms with van der Waals surface area (Å²) in [6, 6.07) is 9.99. The standard InChI is InChI=1S/C27H27F3N4O6S/c1-34(12-19-14-37-9-10-38-19)13-21-23(41-25(31-21)16-3-5-17(6-4-16)27(28,29)30)15-39-18-7-8-20(22(11-18)36-2)24-32-26(35)40-33-24/h3-8,11,19H,9-10,12-15H2,1-2H3,(H,32,33,35). The molecule has 5 rings (SSSR count). The smallest absolute Gasteiger partial charge is 0.439 e. The molecule has 2 aromatic carbocycles. The molecule has 1 atom stereocenters. The van der Waals surface area contributed by atoms with Crippen LogP contribution in [0.1, 0.15) is 16.1 Å². The highest BCUT2D eigenvalue weighted by Crippen LogP contribution is 2.35. The van der Waals surface area contributed by atoms with Crippen LogP contribution in [0.5, 0.6) is 11.5 Å². The number of methoxy groups -OCH3 is 1. The number of H-pyrrole nitrogens is 1. The van der Waals surface area contributed by atoms with Gasteiger partial charge in [0.15, 0.2) is 5.82 Å². The molecule has 3 heterocycles. The average Bonchev–Trinajstić information content (AvgIpc) is 3.57. The molecule has 0 amide bonds. The number of alkyl halides is 3. The predicted octanol–water partition coefficient (Wildman–Crippen LogP) is 4.61. The number of nitrogens with one attached hydrogen (secondary N) is 1. The number of ether oxygens (including phenoxy) is 4. The summed E-state index contributed by atoms with van der Waals surface area (Å²) >= 11 is 1.35. The number of hydrogen-bond acceptors (Lipinski definition) is 10. The van der Waals surface area contributed by atoms with Crippen molar-refractivity contribution in [1.29, 1.82) is 0 Å². The first-order chi connectivity index (χ1) is 19.7. The maximum atomic E-state index is 13.1. The van der Waals surface area contributed by atoms with Crippen LogP contribution in [0, 0.1) is 0 Å². The molecule has 0 bridgehead atoms. The van der Waals surface area contributed by atoms with Crippen molar-refractivity contribution in [3.05, 3.63) is 69.1 Å². The van der Waals surface area contributed by atoms with E-state index in [2.05, 4.69) is 19.6 Å². The second kappa shape index (κ2) is 12.4. The molecule has 1 fully saturated rings. The van der Waals surface area contributed by atoms with Crippen LogP contribution in [-0.2, 0) is 28.8 Å². The van der Waals surface area contributed by atoms with Gasteiger partial charge in [-0.2, -0.15) is 13.2 Å². The topological polar surface area (TPSA) is 112 Å². The van der Waals surface area contributed by atoms with Crippen LogP contribution in [-0.4, -0.2) is 66.7 Å². The van der Waals surface area contributed by atoms with E-state index in [1.165, 1.54) is 30.6 Å². The first kappa shape index (κ1) is 28.8. The monoisotopic (exact) mass is 592 g/mol. The first-order valence-electron chi connectivity index (χ1n) is 12.6. The summed E-state index contributed by atoms with van der Waals surface area (Å²) in [5.74, 6) is 0.445. The highest BCUT2D eigenvalue weighted by atomic mass is 32.1. The summed E-state index contributed by atoms with van der Waals surface area (Å²) in [5, 5.41) is 4.28. The first-order valence-corrected chi connectivity index (χ1v) is 13.4. The summed E-state index contributed by atoms with van der Waals surface area (Å²) < 4.78 is 66.6. The van der Waals surface area contributed by atoms with E-state index in [9.17, 15) is 18.0 Å². The highest BCUT2D eigenvalue weighted by molar-refractivity contribution is 7.15. The van der Waals surface area contributed by atoms with Crippen molar-refractivity contribution in [3.8, 4) is 33.5 Å².